The van der Waals surface area contributed by atoms with Gasteiger partial charge >= 0.3 is 5.97 Å². The molecule has 0 aliphatic carbocycles. The number of thioether (sulfide) groups is 1. The highest BCUT2D eigenvalue weighted by molar-refractivity contribution is 7.98. The Morgan fingerprint density at radius 3 is 3.09 bits per heavy atom. The molecule has 0 saturated heterocycles. The predicted octanol–water partition coefficient (Wildman–Crippen LogP) is 2.19. The summed E-state index contributed by atoms with van der Waals surface area (Å²) < 4.78 is 0. The van der Waals surface area contributed by atoms with Gasteiger partial charge in [-0.3, -0.25) is 0 Å². The second-order valence-electron chi connectivity index (χ2n) is 2.37. The van der Waals surface area contributed by atoms with E-state index in [1.165, 1.54) is 16.9 Å². The fourth-order valence-electron chi connectivity index (χ4n) is 1.14. The first-order valence-corrected chi connectivity index (χ1v) is 5.23. The lowest BCUT2D eigenvalue weighted by molar-refractivity contribution is 0.0701. The van der Waals surface area contributed by atoms with Gasteiger partial charge in [-0.05, 0) is 16.5 Å². The van der Waals surface area contributed by atoms with Gasteiger partial charge in [-0.1, -0.05) is 0 Å². The van der Waals surface area contributed by atoms with Crippen LogP contribution >= 0.6 is 23.1 Å². The topological polar surface area (TPSA) is 37.3 Å². The molecule has 0 fully saturated rings. The molecule has 0 amide bonds. The van der Waals surface area contributed by atoms with E-state index in [0.717, 1.165) is 17.1 Å². The maximum absolute atomic E-state index is 10.6. The van der Waals surface area contributed by atoms with E-state index in [2.05, 4.69) is 0 Å². The van der Waals surface area contributed by atoms with Crippen molar-refractivity contribution in [1.29, 1.82) is 0 Å². The van der Waals surface area contributed by atoms with Crippen LogP contribution in [0.15, 0.2) is 5.38 Å². The lowest BCUT2D eigenvalue weighted by Gasteiger charge is -1.90. The number of aromatic carboxylic acids is 1. The van der Waals surface area contributed by atoms with Crippen LogP contribution in [0, 0.1) is 0 Å². The molecule has 1 aliphatic rings. The molecule has 2 nitrogen and oxygen atoms in total. The maximum atomic E-state index is 10.6. The SMILES string of the molecule is O=C(O)c1scc2c1CSC2. The Kier molecular flexibility index (Phi) is 1.65. The number of hydrogen-bond acceptors (Lipinski definition) is 3. The van der Waals surface area contributed by atoms with E-state index in [1.807, 2.05) is 5.38 Å². The summed E-state index contributed by atoms with van der Waals surface area (Å²) in [7, 11) is 0. The van der Waals surface area contributed by atoms with Gasteiger partial charge < -0.3 is 5.11 Å². The van der Waals surface area contributed by atoms with Crippen molar-refractivity contribution >= 4 is 29.1 Å². The van der Waals surface area contributed by atoms with E-state index >= 15 is 0 Å². The number of hydrogen-bond donors (Lipinski definition) is 1. The van der Waals surface area contributed by atoms with Gasteiger partial charge in [0.2, 0.25) is 0 Å². The summed E-state index contributed by atoms with van der Waals surface area (Å²) in [6.07, 6.45) is 0. The largest absolute Gasteiger partial charge is 0.477 e. The van der Waals surface area contributed by atoms with Crippen LogP contribution in [0.4, 0.5) is 0 Å². The second kappa shape index (κ2) is 2.53. The van der Waals surface area contributed by atoms with Crippen LogP contribution in [0.25, 0.3) is 0 Å². The molecule has 1 aliphatic heterocycles. The molecule has 1 aromatic heterocycles. The lowest BCUT2D eigenvalue weighted by Crippen LogP contribution is -1.95. The van der Waals surface area contributed by atoms with Gasteiger partial charge in [-0.25, -0.2) is 4.79 Å². The number of carbonyl (C=O) groups is 1. The van der Waals surface area contributed by atoms with Gasteiger partial charge in [0.25, 0.3) is 0 Å². The third-order valence-electron chi connectivity index (χ3n) is 1.68. The van der Waals surface area contributed by atoms with Gasteiger partial charge in [0, 0.05) is 11.5 Å². The Morgan fingerprint density at radius 2 is 2.36 bits per heavy atom. The van der Waals surface area contributed by atoms with Crippen molar-refractivity contribution in [1.82, 2.24) is 0 Å². The van der Waals surface area contributed by atoms with Crippen LogP contribution in [-0.2, 0) is 11.5 Å². The Balaban J connectivity index is 2.50. The average molecular weight is 186 g/mol. The minimum absolute atomic E-state index is 0.532. The van der Waals surface area contributed by atoms with E-state index < -0.39 is 5.97 Å². The normalized spacial score (nSPS) is 14.9. The molecule has 2 heterocycles. The zero-order chi connectivity index (χ0) is 7.84. The molecule has 0 saturated carbocycles. The molecule has 0 spiro atoms. The average Bonchev–Trinajstić information content (AvgIpc) is 2.41. The first-order chi connectivity index (χ1) is 5.29. The van der Waals surface area contributed by atoms with Crippen molar-refractivity contribution in [3.8, 4) is 0 Å². The minimum atomic E-state index is -0.779. The van der Waals surface area contributed by atoms with Crippen molar-refractivity contribution in [2.24, 2.45) is 0 Å². The van der Waals surface area contributed by atoms with Crippen LogP contribution in [0.1, 0.15) is 20.8 Å². The molecule has 0 atom stereocenters. The van der Waals surface area contributed by atoms with E-state index in [0.29, 0.717) is 4.88 Å². The molecule has 4 heteroatoms. The number of carboxylic acid groups (broad SMARTS) is 1. The highest BCUT2D eigenvalue weighted by Crippen LogP contribution is 2.35. The van der Waals surface area contributed by atoms with Crippen LogP contribution < -0.4 is 0 Å². The summed E-state index contributed by atoms with van der Waals surface area (Å²) >= 11 is 3.13. The van der Waals surface area contributed by atoms with Crippen molar-refractivity contribution in [2.45, 2.75) is 11.5 Å². The molecule has 0 bridgehead atoms. The zero-order valence-corrected chi connectivity index (χ0v) is 7.30. The third kappa shape index (κ3) is 1.06. The number of thiophene rings is 1. The third-order valence-corrected chi connectivity index (χ3v) is 3.75. The smallest absolute Gasteiger partial charge is 0.346 e. The molecule has 0 radical (unpaired) electrons. The molecule has 2 rings (SSSR count). The summed E-state index contributed by atoms with van der Waals surface area (Å²) in [6.45, 7) is 0. The van der Waals surface area contributed by atoms with E-state index in [9.17, 15) is 4.79 Å². The van der Waals surface area contributed by atoms with Crippen molar-refractivity contribution < 1.29 is 9.90 Å². The highest BCUT2D eigenvalue weighted by Gasteiger charge is 2.20. The molecule has 1 aromatic rings. The lowest BCUT2D eigenvalue weighted by atomic mass is 10.2. The van der Waals surface area contributed by atoms with E-state index in [4.69, 9.17) is 5.11 Å². The Hall–Kier alpha value is -0.480. The highest BCUT2D eigenvalue weighted by atomic mass is 32.2. The second-order valence-corrected chi connectivity index (χ2v) is 4.23. The monoisotopic (exact) mass is 186 g/mol. The van der Waals surface area contributed by atoms with Gasteiger partial charge in [-0.2, -0.15) is 11.8 Å². The molecule has 0 unspecified atom stereocenters. The van der Waals surface area contributed by atoms with Gasteiger partial charge in [0.1, 0.15) is 4.88 Å². The summed E-state index contributed by atoms with van der Waals surface area (Å²) in [5.41, 5.74) is 2.27. The summed E-state index contributed by atoms with van der Waals surface area (Å²) in [4.78, 5) is 11.2. The first kappa shape index (κ1) is 7.18. The fraction of sp³-hybridized carbons (Fsp3) is 0.286. The van der Waals surface area contributed by atoms with Crippen molar-refractivity contribution in [2.75, 3.05) is 0 Å². The standard InChI is InChI=1S/C7H6O2S2/c8-7(9)6-5-3-10-1-4(5)2-11-6/h2H,1,3H2,(H,8,9). The van der Waals surface area contributed by atoms with Crippen LogP contribution in [0.5, 0.6) is 0 Å². The molecule has 1 N–H and O–H groups in total. The zero-order valence-electron chi connectivity index (χ0n) is 5.66. The van der Waals surface area contributed by atoms with Crippen LogP contribution in [0.3, 0.4) is 0 Å². The molecular formula is C7H6O2S2. The summed E-state index contributed by atoms with van der Waals surface area (Å²) in [5.74, 6) is 1.08. The van der Waals surface area contributed by atoms with Gasteiger partial charge in [0.15, 0.2) is 0 Å². The minimum Gasteiger partial charge on any atom is -0.477 e. The van der Waals surface area contributed by atoms with Crippen LogP contribution in [-0.4, -0.2) is 11.1 Å². The fourth-order valence-corrected chi connectivity index (χ4v) is 3.38. The Labute approximate surface area is 72.2 Å². The van der Waals surface area contributed by atoms with E-state index in [-0.39, 0.29) is 0 Å². The first-order valence-electron chi connectivity index (χ1n) is 3.19. The maximum Gasteiger partial charge on any atom is 0.346 e. The molecule has 58 valence electrons. The van der Waals surface area contributed by atoms with Crippen molar-refractivity contribution in [3.63, 3.8) is 0 Å². The number of rotatable bonds is 1. The molecular weight excluding hydrogens is 180 g/mol. The Morgan fingerprint density at radius 1 is 1.55 bits per heavy atom. The molecule has 0 aromatic carbocycles. The van der Waals surface area contributed by atoms with Gasteiger partial charge in [-0.15, -0.1) is 11.3 Å². The summed E-state index contributed by atoms with van der Waals surface area (Å²) in [6, 6.07) is 0. The Bertz CT molecular complexity index is 303. The molecule has 11 heavy (non-hydrogen) atoms. The van der Waals surface area contributed by atoms with Crippen molar-refractivity contribution in [3.05, 3.63) is 21.4 Å². The predicted molar refractivity (Wildman–Crippen MR) is 46.3 cm³/mol. The quantitative estimate of drug-likeness (QED) is 0.730. The summed E-state index contributed by atoms with van der Waals surface area (Å²) in [5, 5.41) is 10.7. The number of fused-ring (bicyclic) bond motifs is 1. The number of carboxylic acids is 1. The van der Waals surface area contributed by atoms with Crippen LogP contribution in [0.2, 0.25) is 0 Å². The van der Waals surface area contributed by atoms with Gasteiger partial charge in [0.05, 0.1) is 0 Å². The van der Waals surface area contributed by atoms with E-state index in [1.54, 1.807) is 11.8 Å².